The monoisotopic (exact) mass is 436 g/mol. The molecular formula is C25H28N2O3S. The number of carbonyl (C=O) groups excluding carboxylic acids is 1. The average molecular weight is 437 g/mol. The molecule has 0 saturated heterocycles. The van der Waals surface area contributed by atoms with Crippen molar-refractivity contribution >= 4 is 21.6 Å². The Morgan fingerprint density at radius 1 is 0.806 bits per heavy atom. The number of sulfonamides is 1. The van der Waals surface area contributed by atoms with Gasteiger partial charge in [-0.1, -0.05) is 36.4 Å². The van der Waals surface area contributed by atoms with Gasteiger partial charge in [-0.3, -0.25) is 9.52 Å². The molecule has 6 heteroatoms. The normalized spacial score (nSPS) is 12.3. The van der Waals surface area contributed by atoms with E-state index in [0.29, 0.717) is 16.8 Å². The number of amides is 1. The smallest absolute Gasteiger partial charge is 0.262 e. The maximum absolute atomic E-state index is 12.9. The molecule has 0 radical (unpaired) electrons. The van der Waals surface area contributed by atoms with E-state index in [1.807, 2.05) is 26.8 Å². The van der Waals surface area contributed by atoms with Gasteiger partial charge >= 0.3 is 0 Å². The lowest BCUT2D eigenvalue weighted by Gasteiger charge is -2.19. The van der Waals surface area contributed by atoms with Crippen molar-refractivity contribution in [3.8, 4) is 0 Å². The second-order valence-corrected chi connectivity index (χ2v) is 9.59. The van der Waals surface area contributed by atoms with E-state index in [4.69, 9.17) is 0 Å². The molecule has 5 nitrogen and oxygen atoms in total. The molecule has 3 aromatic rings. The van der Waals surface area contributed by atoms with E-state index in [0.717, 1.165) is 16.7 Å². The van der Waals surface area contributed by atoms with Crippen LogP contribution in [0.1, 0.15) is 51.1 Å². The number of rotatable bonds is 6. The van der Waals surface area contributed by atoms with Gasteiger partial charge in [0.2, 0.25) is 0 Å². The molecular weight excluding hydrogens is 408 g/mol. The highest BCUT2D eigenvalue weighted by Gasteiger charge is 2.20. The molecule has 1 amide bonds. The molecule has 0 fully saturated rings. The second-order valence-electron chi connectivity index (χ2n) is 7.94. The molecule has 0 saturated carbocycles. The summed E-state index contributed by atoms with van der Waals surface area (Å²) in [5, 5.41) is 2.99. The zero-order valence-electron chi connectivity index (χ0n) is 18.5. The fraction of sp³-hybridized carbons (Fsp3) is 0.240. The highest BCUT2D eigenvalue weighted by atomic mass is 32.2. The topological polar surface area (TPSA) is 75.3 Å². The van der Waals surface area contributed by atoms with E-state index < -0.39 is 10.0 Å². The number of hydrogen-bond acceptors (Lipinski definition) is 3. The first kappa shape index (κ1) is 22.6. The van der Waals surface area contributed by atoms with Crippen molar-refractivity contribution in [1.29, 1.82) is 0 Å². The third-order valence-corrected chi connectivity index (χ3v) is 6.99. The Balaban J connectivity index is 1.85. The number of hydrogen-bond donors (Lipinski definition) is 2. The number of benzene rings is 3. The van der Waals surface area contributed by atoms with Crippen LogP contribution in [0.4, 0.5) is 5.69 Å². The van der Waals surface area contributed by atoms with Crippen LogP contribution in [0.25, 0.3) is 0 Å². The molecule has 0 aliphatic heterocycles. The average Bonchev–Trinajstić information content (AvgIpc) is 2.71. The van der Waals surface area contributed by atoms with Crippen LogP contribution in [0.15, 0.2) is 65.6 Å². The van der Waals surface area contributed by atoms with Gasteiger partial charge in [0, 0.05) is 11.3 Å². The molecule has 0 bridgehead atoms. The van der Waals surface area contributed by atoms with E-state index >= 15 is 0 Å². The van der Waals surface area contributed by atoms with Gasteiger partial charge in [0.1, 0.15) is 0 Å². The Morgan fingerprint density at radius 2 is 1.45 bits per heavy atom. The Hall–Kier alpha value is -3.12. The summed E-state index contributed by atoms with van der Waals surface area (Å²) in [5.41, 5.74) is 5.86. The minimum atomic E-state index is -3.83. The zero-order chi connectivity index (χ0) is 22.8. The predicted octanol–water partition coefficient (Wildman–Crippen LogP) is 5.21. The molecule has 162 valence electrons. The van der Waals surface area contributed by atoms with Gasteiger partial charge in [-0.05, 0) is 86.7 Å². The van der Waals surface area contributed by atoms with Crippen molar-refractivity contribution in [3.05, 3.63) is 94.0 Å². The van der Waals surface area contributed by atoms with Gasteiger partial charge in [-0.2, -0.15) is 0 Å². The van der Waals surface area contributed by atoms with Crippen molar-refractivity contribution in [3.63, 3.8) is 0 Å². The third-order valence-electron chi connectivity index (χ3n) is 5.46. The quantitative estimate of drug-likeness (QED) is 0.557. The fourth-order valence-electron chi connectivity index (χ4n) is 3.55. The van der Waals surface area contributed by atoms with Crippen molar-refractivity contribution < 1.29 is 13.2 Å². The van der Waals surface area contributed by atoms with Crippen LogP contribution in [-0.2, 0) is 10.0 Å². The fourth-order valence-corrected chi connectivity index (χ4v) is 4.88. The van der Waals surface area contributed by atoms with E-state index in [9.17, 15) is 13.2 Å². The minimum Gasteiger partial charge on any atom is -0.346 e. The zero-order valence-corrected chi connectivity index (χ0v) is 19.3. The summed E-state index contributed by atoms with van der Waals surface area (Å²) in [7, 11) is -3.83. The van der Waals surface area contributed by atoms with Crippen LogP contribution in [0.2, 0.25) is 0 Å². The van der Waals surface area contributed by atoms with Crippen molar-refractivity contribution in [2.24, 2.45) is 0 Å². The van der Waals surface area contributed by atoms with Gasteiger partial charge in [0.05, 0.1) is 10.9 Å². The minimum absolute atomic E-state index is 0.0824. The number of anilines is 1. The molecule has 0 aliphatic rings. The maximum atomic E-state index is 12.9. The van der Waals surface area contributed by atoms with Crippen LogP contribution in [-0.4, -0.2) is 14.3 Å². The van der Waals surface area contributed by atoms with E-state index in [-0.39, 0.29) is 16.8 Å². The standard InChI is InChI=1S/C25H28N2O3S/c1-16-11-12-21(15-24(16)31(29,30)27-22-9-7-6-8-10-22)25(28)26-20(5)23-14-18(3)17(2)13-19(23)4/h6-15,20,27H,1-5H3,(H,26,28)/t20-/m1/s1. The number of nitrogens with one attached hydrogen (secondary N) is 2. The molecule has 1 atom stereocenters. The molecule has 2 N–H and O–H groups in total. The third kappa shape index (κ3) is 5.14. The Labute approximate surface area is 184 Å². The lowest BCUT2D eigenvalue weighted by Crippen LogP contribution is -2.27. The lowest BCUT2D eigenvalue weighted by atomic mass is 9.96. The number of para-hydroxylation sites is 1. The Morgan fingerprint density at radius 3 is 2.13 bits per heavy atom. The lowest BCUT2D eigenvalue weighted by molar-refractivity contribution is 0.0939. The van der Waals surface area contributed by atoms with E-state index in [1.54, 1.807) is 43.3 Å². The van der Waals surface area contributed by atoms with E-state index in [1.165, 1.54) is 11.6 Å². The summed E-state index contributed by atoms with van der Waals surface area (Å²) >= 11 is 0. The summed E-state index contributed by atoms with van der Waals surface area (Å²) < 4.78 is 28.4. The van der Waals surface area contributed by atoms with Crippen LogP contribution < -0.4 is 10.0 Å². The van der Waals surface area contributed by atoms with Gasteiger partial charge in [0.25, 0.3) is 15.9 Å². The summed E-state index contributed by atoms with van der Waals surface area (Å²) in [4.78, 5) is 13.0. The Bertz CT molecular complexity index is 1220. The molecule has 0 heterocycles. The molecule has 0 spiro atoms. The first-order valence-electron chi connectivity index (χ1n) is 10.2. The summed E-state index contributed by atoms with van der Waals surface area (Å²) in [6, 6.07) is 17.4. The van der Waals surface area contributed by atoms with Crippen LogP contribution in [0, 0.1) is 27.7 Å². The molecule has 0 aromatic heterocycles. The van der Waals surface area contributed by atoms with Crippen molar-refractivity contribution in [2.75, 3.05) is 4.72 Å². The summed E-state index contributed by atoms with van der Waals surface area (Å²) in [6.07, 6.45) is 0. The first-order chi connectivity index (χ1) is 14.6. The van der Waals surface area contributed by atoms with Gasteiger partial charge in [-0.15, -0.1) is 0 Å². The van der Waals surface area contributed by atoms with Crippen LogP contribution >= 0.6 is 0 Å². The van der Waals surface area contributed by atoms with Gasteiger partial charge < -0.3 is 5.32 Å². The van der Waals surface area contributed by atoms with Crippen LogP contribution in [0.5, 0.6) is 0 Å². The van der Waals surface area contributed by atoms with Crippen LogP contribution in [0.3, 0.4) is 0 Å². The number of carbonyl (C=O) groups is 1. The molecule has 0 aliphatic carbocycles. The Kier molecular flexibility index (Phi) is 6.51. The van der Waals surface area contributed by atoms with Crippen molar-refractivity contribution in [1.82, 2.24) is 5.32 Å². The summed E-state index contributed by atoms with van der Waals surface area (Å²) in [6.45, 7) is 9.77. The second kappa shape index (κ2) is 8.94. The van der Waals surface area contributed by atoms with Gasteiger partial charge in [0.15, 0.2) is 0 Å². The van der Waals surface area contributed by atoms with Crippen molar-refractivity contribution in [2.45, 2.75) is 45.6 Å². The SMILES string of the molecule is Cc1cc(C)c([C@@H](C)NC(=O)c2ccc(C)c(S(=O)(=O)Nc3ccccc3)c2)cc1C. The highest BCUT2D eigenvalue weighted by Crippen LogP contribution is 2.24. The summed E-state index contributed by atoms with van der Waals surface area (Å²) in [5.74, 6) is -0.318. The maximum Gasteiger partial charge on any atom is 0.262 e. The molecule has 3 rings (SSSR count). The first-order valence-corrected chi connectivity index (χ1v) is 11.6. The van der Waals surface area contributed by atoms with E-state index in [2.05, 4.69) is 29.1 Å². The molecule has 0 unspecified atom stereocenters. The number of aryl methyl sites for hydroxylation is 4. The largest absolute Gasteiger partial charge is 0.346 e. The predicted molar refractivity (Wildman–Crippen MR) is 125 cm³/mol. The molecule has 3 aromatic carbocycles. The molecule has 31 heavy (non-hydrogen) atoms. The highest BCUT2D eigenvalue weighted by molar-refractivity contribution is 7.92. The van der Waals surface area contributed by atoms with Gasteiger partial charge in [-0.25, -0.2) is 8.42 Å².